The van der Waals surface area contributed by atoms with Crippen molar-refractivity contribution in [2.24, 2.45) is 35.0 Å². The molecule has 3 aliphatic carbocycles. The Kier molecular flexibility index (Phi) is 7.42. The number of hydrogen-bond donors (Lipinski definition) is 3. The highest BCUT2D eigenvalue weighted by atomic mass is 32.1. The topological polar surface area (TPSA) is 95.5 Å². The van der Waals surface area contributed by atoms with E-state index in [9.17, 15) is 19.5 Å². The quantitative estimate of drug-likeness (QED) is 0.374. The van der Waals surface area contributed by atoms with Gasteiger partial charge in [-0.05, 0) is 79.7 Å². The first-order valence-corrected chi connectivity index (χ1v) is 14.9. The third-order valence-electron chi connectivity index (χ3n) is 9.82. The van der Waals surface area contributed by atoms with E-state index in [-0.39, 0.29) is 29.1 Å². The number of nitrogens with one attached hydrogen (secondary N) is 2. The summed E-state index contributed by atoms with van der Waals surface area (Å²) < 4.78 is 0. The second-order valence-corrected chi connectivity index (χ2v) is 13.5. The monoisotopic (exact) mass is 536 g/mol. The Morgan fingerprint density at radius 3 is 2.39 bits per heavy atom. The molecule has 204 valence electrons. The lowest BCUT2D eigenvalue weighted by Gasteiger charge is -2.36. The number of benzene rings is 1. The number of hydrogen-bond acceptors (Lipinski definition) is 4. The number of aliphatic carboxylic acids is 1. The molecule has 0 saturated heterocycles. The van der Waals surface area contributed by atoms with Crippen molar-refractivity contribution in [3.8, 4) is 0 Å². The predicted octanol–water partition coefficient (Wildman–Crippen LogP) is 6.21. The van der Waals surface area contributed by atoms with Crippen LogP contribution in [0.5, 0.6) is 0 Å². The molecule has 7 heteroatoms. The van der Waals surface area contributed by atoms with Crippen LogP contribution in [-0.2, 0) is 29.0 Å². The number of aryl methyl sites for hydroxylation is 1. The van der Waals surface area contributed by atoms with Crippen LogP contribution in [0.3, 0.4) is 0 Å². The van der Waals surface area contributed by atoms with Gasteiger partial charge in [-0.3, -0.25) is 14.4 Å². The zero-order chi connectivity index (χ0) is 27.2. The lowest BCUT2D eigenvalue weighted by atomic mass is 9.69. The lowest BCUT2D eigenvalue weighted by molar-refractivity contribution is -0.148. The number of carboxylic acids is 1. The minimum Gasteiger partial charge on any atom is -0.481 e. The fourth-order valence-corrected chi connectivity index (χ4v) is 8.39. The third-order valence-corrected chi connectivity index (χ3v) is 11.0. The highest BCUT2D eigenvalue weighted by Gasteiger charge is 2.54. The van der Waals surface area contributed by atoms with Gasteiger partial charge in [0.1, 0.15) is 5.00 Å². The van der Waals surface area contributed by atoms with Crippen molar-refractivity contribution in [1.29, 1.82) is 0 Å². The minimum atomic E-state index is -0.872. The van der Waals surface area contributed by atoms with Crippen LogP contribution in [0, 0.1) is 41.9 Å². The number of thiophene rings is 1. The molecule has 5 rings (SSSR count). The number of fused-ring (bicyclic) bond motifs is 3. The number of carbonyl (C=O) groups excluding carboxylic acids is 2. The first kappa shape index (κ1) is 26.9. The smallest absolute Gasteiger partial charge is 0.307 e. The van der Waals surface area contributed by atoms with Crippen LogP contribution in [0.25, 0.3) is 0 Å². The van der Waals surface area contributed by atoms with Crippen LogP contribution >= 0.6 is 11.3 Å². The van der Waals surface area contributed by atoms with Crippen LogP contribution in [0.2, 0.25) is 0 Å². The molecule has 0 spiro atoms. The Balaban J connectivity index is 1.42. The van der Waals surface area contributed by atoms with E-state index in [4.69, 9.17) is 0 Å². The molecule has 5 atom stereocenters. The average Bonchev–Trinajstić information content (AvgIpc) is 3.60. The van der Waals surface area contributed by atoms with E-state index in [2.05, 4.69) is 31.4 Å². The van der Waals surface area contributed by atoms with Crippen molar-refractivity contribution in [1.82, 2.24) is 5.32 Å². The van der Waals surface area contributed by atoms with Gasteiger partial charge in [0.15, 0.2) is 0 Å². The molecular weight excluding hydrogens is 496 g/mol. The first-order chi connectivity index (χ1) is 18.1. The van der Waals surface area contributed by atoms with Gasteiger partial charge in [-0.2, -0.15) is 0 Å². The molecule has 2 bridgehead atoms. The molecule has 6 nitrogen and oxygen atoms in total. The van der Waals surface area contributed by atoms with Gasteiger partial charge in [0, 0.05) is 11.4 Å². The molecular formula is C31H40N2O4S. The summed E-state index contributed by atoms with van der Waals surface area (Å²) in [6.07, 6.45) is 6.44. The second kappa shape index (κ2) is 10.5. The van der Waals surface area contributed by atoms with Crippen LogP contribution in [-0.4, -0.2) is 22.9 Å². The number of carbonyl (C=O) groups is 3. The molecule has 2 fully saturated rings. The van der Waals surface area contributed by atoms with Crippen molar-refractivity contribution in [2.75, 3.05) is 5.32 Å². The normalized spacial score (nSPS) is 26.2. The maximum Gasteiger partial charge on any atom is 0.307 e. The maximum atomic E-state index is 13.6. The molecule has 1 heterocycles. The SMILES string of the molecule is CCC(C)(C)C1CCc2c(sc(NC(=O)C3C4CCC(C4)C3C(=O)O)c2C(=O)NCc2ccc(C)cc2)C1. The van der Waals surface area contributed by atoms with Gasteiger partial charge in [-0.25, -0.2) is 0 Å². The van der Waals surface area contributed by atoms with Crippen LogP contribution in [0.4, 0.5) is 5.00 Å². The van der Waals surface area contributed by atoms with E-state index >= 15 is 0 Å². The zero-order valence-electron chi connectivity index (χ0n) is 22.9. The molecule has 5 unspecified atom stereocenters. The molecule has 3 N–H and O–H groups in total. The average molecular weight is 537 g/mol. The van der Waals surface area contributed by atoms with Gasteiger partial charge in [0.05, 0.1) is 17.4 Å². The fraction of sp³-hybridized carbons (Fsp3) is 0.581. The molecule has 0 aliphatic heterocycles. The maximum absolute atomic E-state index is 13.6. The van der Waals surface area contributed by atoms with Gasteiger partial charge in [0.2, 0.25) is 5.91 Å². The van der Waals surface area contributed by atoms with Crippen LogP contribution in [0.15, 0.2) is 24.3 Å². The Hall–Kier alpha value is -2.67. The van der Waals surface area contributed by atoms with E-state index in [1.807, 2.05) is 31.2 Å². The summed E-state index contributed by atoms with van der Waals surface area (Å²) in [6, 6.07) is 8.09. The van der Waals surface area contributed by atoms with Crippen molar-refractivity contribution < 1.29 is 19.5 Å². The number of anilines is 1. The zero-order valence-corrected chi connectivity index (χ0v) is 23.7. The lowest BCUT2D eigenvalue weighted by Crippen LogP contribution is -2.38. The summed E-state index contributed by atoms with van der Waals surface area (Å²) in [7, 11) is 0. The number of amides is 2. The fourth-order valence-electron chi connectivity index (χ4n) is 7.07. The summed E-state index contributed by atoms with van der Waals surface area (Å²) >= 11 is 1.52. The van der Waals surface area contributed by atoms with Crippen molar-refractivity contribution in [3.63, 3.8) is 0 Å². The summed E-state index contributed by atoms with van der Waals surface area (Å²) in [5.74, 6) is -1.72. The van der Waals surface area contributed by atoms with E-state index in [1.54, 1.807) is 0 Å². The molecule has 3 aliphatic rings. The molecule has 0 radical (unpaired) electrons. The Bertz CT molecular complexity index is 1230. The van der Waals surface area contributed by atoms with E-state index in [1.165, 1.54) is 21.8 Å². The number of rotatable bonds is 8. The summed E-state index contributed by atoms with van der Waals surface area (Å²) in [5.41, 5.74) is 4.03. The Labute approximate surface area is 229 Å². The summed E-state index contributed by atoms with van der Waals surface area (Å²) in [4.78, 5) is 40.4. The standard InChI is InChI=1S/C31H40N2O4S/c1-5-31(3,4)21-12-13-22-23(15-21)38-29(26(22)27(34)32-16-18-8-6-17(2)7-9-18)33-28(35)24-19-10-11-20(14-19)25(24)30(36)37/h6-9,19-21,24-25H,5,10-16H2,1-4H3,(H,32,34)(H,33,35)(H,36,37). The van der Waals surface area contributed by atoms with E-state index in [0.29, 0.717) is 23.0 Å². The molecule has 2 amide bonds. The number of carboxylic acid groups (broad SMARTS) is 1. The van der Waals surface area contributed by atoms with Crippen molar-refractivity contribution in [2.45, 2.75) is 79.2 Å². The van der Waals surface area contributed by atoms with Gasteiger partial charge in [-0.15, -0.1) is 11.3 Å². The Morgan fingerprint density at radius 2 is 1.74 bits per heavy atom. The largest absolute Gasteiger partial charge is 0.481 e. The third kappa shape index (κ3) is 5.02. The van der Waals surface area contributed by atoms with Crippen LogP contribution < -0.4 is 10.6 Å². The highest BCUT2D eigenvalue weighted by molar-refractivity contribution is 7.17. The van der Waals surface area contributed by atoms with Gasteiger partial charge < -0.3 is 15.7 Å². The summed E-state index contributed by atoms with van der Waals surface area (Å²) in [5, 5.41) is 16.6. The van der Waals surface area contributed by atoms with Gasteiger partial charge >= 0.3 is 5.97 Å². The summed E-state index contributed by atoms with van der Waals surface area (Å²) in [6.45, 7) is 9.31. The molecule has 1 aromatic carbocycles. The first-order valence-electron chi connectivity index (χ1n) is 14.1. The second-order valence-electron chi connectivity index (χ2n) is 12.4. The molecule has 2 saturated carbocycles. The van der Waals surface area contributed by atoms with E-state index < -0.39 is 17.8 Å². The van der Waals surface area contributed by atoms with Crippen molar-refractivity contribution in [3.05, 3.63) is 51.4 Å². The van der Waals surface area contributed by atoms with E-state index in [0.717, 1.165) is 56.1 Å². The van der Waals surface area contributed by atoms with Gasteiger partial charge in [-0.1, -0.05) is 57.0 Å². The van der Waals surface area contributed by atoms with Crippen molar-refractivity contribution >= 4 is 34.1 Å². The highest BCUT2D eigenvalue weighted by Crippen LogP contribution is 2.53. The predicted molar refractivity (Wildman–Crippen MR) is 150 cm³/mol. The molecule has 2 aromatic rings. The van der Waals surface area contributed by atoms with Crippen LogP contribution in [0.1, 0.15) is 84.8 Å². The molecule has 1 aromatic heterocycles. The minimum absolute atomic E-state index is 0.0825. The van der Waals surface area contributed by atoms with Gasteiger partial charge in [0.25, 0.3) is 5.91 Å². The Morgan fingerprint density at radius 1 is 1.05 bits per heavy atom. The molecule has 38 heavy (non-hydrogen) atoms.